The van der Waals surface area contributed by atoms with E-state index in [1.807, 2.05) is 12.2 Å². The standard InChI is InChI=1S/C7H6Cl2O/c8-7(9)6(10)5-3-1-2-4-5/h1-4,7,10H. The zero-order valence-electron chi connectivity index (χ0n) is 5.09. The SMILES string of the molecule is OC(=C1C=CC=C1)C(Cl)Cl. The highest BCUT2D eigenvalue weighted by Crippen LogP contribution is 2.19. The molecule has 1 aliphatic rings. The number of hydrogen-bond donors (Lipinski definition) is 1. The van der Waals surface area contributed by atoms with E-state index in [1.54, 1.807) is 12.2 Å². The molecule has 0 radical (unpaired) electrons. The summed E-state index contributed by atoms with van der Waals surface area (Å²) in [5.74, 6) is 0.00772. The number of halogens is 2. The molecule has 0 saturated heterocycles. The first-order valence-corrected chi connectivity index (χ1v) is 3.65. The average Bonchev–Trinajstić information content (AvgIpc) is 2.36. The van der Waals surface area contributed by atoms with Crippen molar-refractivity contribution in [3.63, 3.8) is 0 Å². The van der Waals surface area contributed by atoms with Crippen LogP contribution in [0.4, 0.5) is 0 Å². The van der Waals surface area contributed by atoms with E-state index < -0.39 is 4.84 Å². The van der Waals surface area contributed by atoms with Gasteiger partial charge in [-0.25, -0.2) is 0 Å². The van der Waals surface area contributed by atoms with Crippen molar-refractivity contribution in [2.75, 3.05) is 0 Å². The zero-order chi connectivity index (χ0) is 7.56. The van der Waals surface area contributed by atoms with Crippen LogP contribution in [0.15, 0.2) is 35.6 Å². The average molecular weight is 177 g/mol. The molecule has 0 saturated carbocycles. The van der Waals surface area contributed by atoms with Crippen LogP contribution in [0.1, 0.15) is 0 Å². The summed E-state index contributed by atoms with van der Waals surface area (Å²) >= 11 is 10.8. The lowest BCUT2D eigenvalue weighted by Crippen LogP contribution is -1.94. The number of allylic oxidation sites excluding steroid dienone is 6. The first-order valence-electron chi connectivity index (χ1n) is 2.78. The fourth-order valence-electron chi connectivity index (χ4n) is 0.671. The molecule has 0 aliphatic heterocycles. The molecule has 54 valence electrons. The smallest absolute Gasteiger partial charge is 0.164 e. The minimum Gasteiger partial charge on any atom is -0.509 e. The van der Waals surface area contributed by atoms with Crippen molar-refractivity contribution >= 4 is 23.2 Å². The van der Waals surface area contributed by atoms with Gasteiger partial charge in [-0.3, -0.25) is 0 Å². The molecular weight excluding hydrogens is 171 g/mol. The third-order valence-corrected chi connectivity index (χ3v) is 1.58. The first-order chi connectivity index (χ1) is 4.72. The lowest BCUT2D eigenvalue weighted by Gasteiger charge is -2.00. The molecule has 1 nitrogen and oxygen atoms in total. The summed E-state index contributed by atoms with van der Waals surface area (Å²) in [6, 6.07) is 0. The number of rotatable bonds is 1. The maximum Gasteiger partial charge on any atom is 0.164 e. The van der Waals surface area contributed by atoms with Crippen LogP contribution in [0.2, 0.25) is 0 Å². The summed E-state index contributed by atoms with van der Waals surface area (Å²) in [6.07, 6.45) is 7.10. The second-order valence-corrected chi connectivity index (χ2v) is 2.96. The van der Waals surface area contributed by atoms with Crippen LogP contribution in [0, 0.1) is 0 Å². The van der Waals surface area contributed by atoms with Crippen molar-refractivity contribution in [3.05, 3.63) is 35.6 Å². The second kappa shape index (κ2) is 3.13. The summed E-state index contributed by atoms with van der Waals surface area (Å²) < 4.78 is 0. The van der Waals surface area contributed by atoms with E-state index in [-0.39, 0.29) is 5.76 Å². The maximum atomic E-state index is 9.14. The molecule has 0 spiro atoms. The molecule has 0 aromatic rings. The Morgan fingerprint density at radius 1 is 1.30 bits per heavy atom. The normalized spacial score (nSPS) is 15.3. The van der Waals surface area contributed by atoms with E-state index in [4.69, 9.17) is 28.3 Å². The minimum atomic E-state index is -0.831. The van der Waals surface area contributed by atoms with Crippen molar-refractivity contribution in [2.24, 2.45) is 0 Å². The van der Waals surface area contributed by atoms with Crippen molar-refractivity contribution in [2.45, 2.75) is 4.84 Å². The van der Waals surface area contributed by atoms with Crippen LogP contribution in [0.25, 0.3) is 0 Å². The molecular formula is C7H6Cl2O. The third kappa shape index (κ3) is 1.55. The van der Waals surface area contributed by atoms with Crippen LogP contribution in [0.5, 0.6) is 0 Å². The quantitative estimate of drug-likeness (QED) is 0.482. The molecule has 1 N–H and O–H groups in total. The van der Waals surface area contributed by atoms with E-state index >= 15 is 0 Å². The largest absolute Gasteiger partial charge is 0.509 e. The highest BCUT2D eigenvalue weighted by molar-refractivity contribution is 6.46. The van der Waals surface area contributed by atoms with Crippen LogP contribution < -0.4 is 0 Å². The second-order valence-electron chi connectivity index (χ2n) is 1.86. The highest BCUT2D eigenvalue weighted by atomic mass is 35.5. The molecule has 10 heavy (non-hydrogen) atoms. The van der Waals surface area contributed by atoms with Gasteiger partial charge in [0.15, 0.2) is 4.84 Å². The number of hydrogen-bond acceptors (Lipinski definition) is 1. The molecule has 0 bridgehead atoms. The molecule has 0 fully saturated rings. The molecule has 0 atom stereocenters. The fraction of sp³-hybridized carbons (Fsp3) is 0.143. The molecule has 1 aliphatic carbocycles. The van der Waals surface area contributed by atoms with E-state index in [9.17, 15) is 0 Å². The predicted molar refractivity (Wildman–Crippen MR) is 43.4 cm³/mol. The lowest BCUT2D eigenvalue weighted by atomic mass is 10.2. The summed E-state index contributed by atoms with van der Waals surface area (Å²) in [4.78, 5) is -0.831. The topological polar surface area (TPSA) is 20.2 Å². The van der Waals surface area contributed by atoms with Gasteiger partial charge in [0.2, 0.25) is 0 Å². The molecule has 0 heterocycles. The maximum absolute atomic E-state index is 9.14. The summed E-state index contributed by atoms with van der Waals surface area (Å²) in [5, 5.41) is 9.14. The Labute approximate surface area is 69.3 Å². The highest BCUT2D eigenvalue weighted by Gasteiger charge is 2.09. The van der Waals surface area contributed by atoms with Gasteiger partial charge in [-0.15, -0.1) is 0 Å². The van der Waals surface area contributed by atoms with Gasteiger partial charge in [-0.1, -0.05) is 47.5 Å². The van der Waals surface area contributed by atoms with Crippen molar-refractivity contribution < 1.29 is 5.11 Å². The summed E-state index contributed by atoms with van der Waals surface area (Å²) in [6.45, 7) is 0. The van der Waals surface area contributed by atoms with Crippen molar-refractivity contribution in [1.29, 1.82) is 0 Å². The van der Waals surface area contributed by atoms with Crippen molar-refractivity contribution in [3.8, 4) is 0 Å². The molecule has 0 aromatic carbocycles. The Morgan fingerprint density at radius 2 is 1.80 bits per heavy atom. The predicted octanol–water partition coefficient (Wildman–Crippen LogP) is 2.73. The molecule has 1 rings (SSSR count). The van der Waals surface area contributed by atoms with E-state index in [2.05, 4.69) is 0 Å². The zero-order valence-corrected chi connectivity index (χ0v) is 6.60. The minimum absolute atomic E-state index is 0.00772. The molecule has 0 aromatic heterocycles. The van der Waals surface area contributed by atoms with Gasteiger partial charge in [-0.2, -0.15) is 0 Å². The van der Waals surface area contributed by atoms with Crippen LogP contribution in [-0.2, 0) is 0 Å². The van der Waals surface area contributed by atoms with Gasteiger partial charge in [0.1, 0.15) is 5.76 Å². The molecule has 0 amide bonds. The summed E-state index contributed by atoms with van der Waals surface area (Å²) in [5.41, 5.74) is 0.676. The molecule has 0 unspecified atom stereocenters. The lowest BCUT2D eigenvalue weighted by molar-refractivity contribution is 0.406. The van der Waals surface area contributed by atoms with E-state index in [0.717, 1.165) is 0 Å². The van der Waals surface area contributed by atoms with Gasteiger partial charge in [0.05, 0.1) is 0 Å². The van der Waals surface area contributed by atoms with Crippen molar-refractivity contribution in [1.82, 2.24) is 0 Å². The van der Waals surface area contributed by atoms with Crippen LogP contribution in [-0.4, -0.2) is 9.94 Å². The van der Waals surface area contributed by atoms with Gasteiger partial charge in [-0.05, 0) is 0 Å². The van der Waals surface area contributed by atoms with Crippen LogP contribution >= 0.6 is 23.2 Å². The fourth-order valence-corrected chi connectivity index (χ4v) is 0.923. The Kier molecular flexibility index (Phi) is 2.41. The van der Waals surface area contributed by atoms with Gasteiger partial charge >= 0.3 is 0 Å². The Hall–Kier alpha value is -0.400. The summed E-state index contributed by atoms with van der Waals surface area (Å²) in [7, 11) is 0. The van der Waals surface area contributed by atoms with Crippen LogP contribution in [0.3, 0.4) is 0 Å². The van der Waals surface area contributed by atoms with Gasteiger partial charge in [0.25, 0.3) is 0 Å². The van der Waals surface area contributed by atoms with E-state index in [1.165, 1.54) is 0 Å². The Bertz CT molecular complexity index is 200. The monoisotopic (exact) mass is 176 g/mol. The van der Waals surface area contributed by atoms with Gasteiger partial charge in [0, 0.05) is 5.57 Å². The Morgan fingerprint density at radius 3 is 2.20 bits per heavy atom. The Balaban J connectivity index is 2.85. The number of alkyl halides is 2. The number of aliphatic hydroxyl groups is 1. The van der Waals surface area contributed by atoms with Gasteiger partial charge < -0.3 is 5.11 Å². The number of aliphatic hydroxyl groups excluding tert-OH is 1. The molecule has 3 heteroatoms. The first kappa shape index (κ1) is 7.70. The van der Waals surface area contributed by atoms with E-state index in [0.29, 0.717) is 5.57 Å². The third-order valence-electron chi connectivity index (χ3n) is 1.17.